The number of aryl methyl sites for hydroxylation is 1. The van der Waals surface area contributed by atoms with Crippen LogP contribution < -0.4 is 14.8 Å². The number of anilines is 3. The van der Waals surface area contributed by atoms with Crippen LogP contribution in [0.4, 0.5) is 30.2 Å². The second-order valence-corrected chi connectivity index (χ2v) is 9.67. The highest BCUT2D eigenvalue weighted by atomic mass is 32.2. The second-order valence-electron chi connectivity index (χ2n) is 7.47. The third-order valence-electron chi connectivity index (χ3n) is 5.28. The molecule has 2 aromatic carbocycles. The molecule has 0 amide bonds. The minimum atomic E-state index is -4.16. The third kappa shape index (κ3) is 5.24. The maximum absolute atomic E-state index is 14.7. The number of sulfonamides is 1. The van der Waals surface area contributed by atoms with Crippen molar-refractivity contribution in [3.05, 3.63) is 47.3 Å². The van der Waals surface area contributed by atoms with Crippen molar-refractivity contribution in [2.75, 3.05) is 23.8 Å². The van der Waals surface area contributed by atoms with Gasteiger partial charge in [0.25, 0.3) is 0 Å². The molecule has 0 aliphatic rings. The fourth-order valence-corrected chi connectivity index (χ4v) is 4.56. The molecule has 0 spiro atoms. The van der Waals surface area contributed by atoms with Crippen molar-refractivity contribution in [2.45, 2.75) is 44.8 Å². The van der Waals surface area contributed by atoms with Crippen LogP contribution >= 0.6 is 0 Å². The van der Waals surface area contributed by atoms with Crippen LogP contribution in [-0.2, 0) is 10.0 Å². The fourth-order valence-electron chi connectivity index (χ4n) is 3.05. The lowest BCUT2D eigenvalue weighted by Crippen LogP contribution is -2.39. The summed E-state index contributed by atoms with van der Waals surface area (Å²) in [4.78, 5) is 0. The fraction of sp³-hybridized carbons (Fsp3) is 0.429. The van der Waals surface area contributed by atoms with Crippen LogP contribution in [0.1, 0.15) is 38.7 Å². The predicted octanol–water partition coefficient (Wildman–Crippen LogP) is 4.85. The molecule has 0 aromatic heterocycles. The highest BCUT2D eigenvalue weighted by Crippen LogP contribution is 2.41. The van der Waals surface area contributed by atoms with Gasteiger partial charge in [-0.15, -0.1) is 0 Å². The number of rotatable bonds is 10. The minimum Gasteiger partial charge on any atom is -0.494 e. The lowest BCUT2D eigenvalue weighted by atomic mass is 10.0. The third-order valence-corrected chi connectivity index (χ3v) is 7.55. The first kappa shape index (κ1) is 24.8. The summed E-state index contributed by atoms with van der Waals surface area (Å²) in [6, 6.07) is 4.80. The van der Waals surface area contributed by atoms with Gasteiger partial charge in [-0.05, 0) is 50.8 Å². The minimum absolute atomic E-state index is 0.136. The quantitative estimate of drug-likeness (QED) is 0.472. The zero-order chi connectivity index (χ0) is 23.4. The number of aliphatic hydroxyl groups is 1. The molecule has 0 saturated heterocycles. The van der Waals surface area contributed by atoms with Gasteiger partial charge in [0.1, 0.15) is 22.9 Å². The van der Waals surface area contributed by atoms with E-state index in [0.29, 0.717) is 11.6 Å². The van der Waals surface area contributed by atoms with E-state index in [9.17, 15) is 21.6 Å². The Bertz CT molecular complexity index is 1050. The number of methoxy groups -OCH3 is 1. The number of nitrogens with one attached hydrogen (secondary N) is 2. The van der Waals surface area contributed by atoms with E-state index in [0.717, 1.165) is 0 Å². The van der Waals surface area contributed by atoms with Gasteiger partial charge in [-0.25, -0.2) is 21.6 Å². The Morgan fingerprint density at radius 3 is 2.35 bits per heavy atom. The molecule has 2 aromatic rings. The van der Waals surface area contributed by atoms with E-state index in [4.69, 9.17) is 9.84 Å². The van der Waals surface area contributed by atoms with E-state index in [1.165, 1.54) is 26.2 Å². The van der Waals surface area contributed by atoms with Gasteiger partial charge in [0.2, 0.25) is 10.0 Å². The Balaban J connectivity index is 2.61. The normalized spacial score (nSPS) is 13.5. The molecule has 1 unspecified atom stereocenters. The smallest absolute Gasteiger partial charge is 0.238 e. The highest BCUT2D eigenvalue weighted by Gasteiger charge is 2.38. The lowest BCUT2D eigenvalue weighted by Gasteiger charge is -2.29. The van der Waals surface area contributed by atoms with Crippen LogP contribution in [0.5, 0.6) is 5.75 Å². The van der Waals surface area contributed by atoms with Crippen LogP contribution in [0.15, 0.2) is 24.3 Å². The molecule has 3 N–H and O–H groups in total. The van der Waals surface area contributed by atoms with E-state index in [2.05, 4.69) is 10.0 Å². The van der Waals surface area contributed by atoms with Gasteiger partial charge in [-0.1, -0.05) is 13.0 Å². The highest BCUT2D eigenvalue weighted by molar-refractivity contribution is 7.94. The summed E-state index contributed by atoms with van der Waals surface area (Å²) in [6.45, 7) is 4.62. The van der Waals surface area contributed by atoms with Crippen LogP contribution in [0, 0.1) is 24.4 Å². The Hall–Kier alpha value is -2.46. The van der Waals surface area contributed by atoms with Crippen molar-refractivity contribution in [1.82, 2.24) is 0 Å². The van der Waals surface area contributed by atoms with Gasteiger partial charge in [-0.3, -0.25) is 4.72 Å². The largest absolute Gasteiger partial charge is 0.494 e. The average molecular weight is 461 g/mol. The molecule has 2 rings (SSSR count). The molecule has 172 valence electrons. The standard InChI is InChI=1S/C21H27F3N2O4S/c1-5-21(3,9-6-10-27)31(28,29)26-19-17(30-4)12-15(23)18(24)20(19)25-16-8-7-13(2)11-14(16)22/h7-8,11-12,25-27H,5-6,9-10H2,1-4H3. The number of hydrogen-bond donors (Lipinski definition) is 3. The summed E-state index contributed by atoms with van der Waals surface area (Å²) >= 11 is 0. The van der Waals surface area contributed by atoms with Crippen molar-refractivity contribution in [2.24, 2.45) is 0 Å². The number of aliphatic hydroxyl groups excluding tert-OH is 1. The maximum atomic E-state index is 14.7. The lowest BCUT2D eigenvalue weighted by molar-refractivity contribution is 0.275. The molecule has 0 heterocycles. The molecule has 10 heteroatoms. The van der Waals surface area contributed by atoms with Crippen molar-refractivity contribution < 1.29 is 31.4 Å². The molecule has 0 radical (unpaired) electrons. The van der Waals surface area contributed by atoms with Crippen LogP contribution in [0.3, 0.4) is 0 Å². The first-order valence-electron chi connectivity index (χ1n) is 9.72. The van der Waals surface area contributed by atoms with Crippen molar-refractivity contribution in [3.63, 3.8) is 0 Å². The number of halogens is 3. The summed E-state index contributed by atoms with van der Waals surface area (Å²) < 4.78 is 75.7. The van der Waals surface area contributed by atoms with Gasteiger partial charge in [0.05, 0.1) is 17.5 Å². The second kappa shape index (κ2) is 9.78. The summed E-state index contributed by atoms with van der Waals surface area (Å²) in [6.07, 6.45) is 0.570. The summed E-state index contributed by atoms with van der Waals surface area (Å²) in [5.41, 5.74) is -0.547. The summed E-state index contributed by atoms with van der Waals surface area (Å²) in [5, 5.41) is 11.6. The van der Waals surface area contributed by atoms with Crippen molar-refractivity contribution >= 4 is 27.1 Å². The zero-order valence-electron chi connectivity index (χ0n) is 17.9. The molecule has 0 saturated carbocycles. The Morgan fingerprint density at radius 2 is 1.81 bits per heavy atom. The van der Waals surface area contributed by atoms with E-state index < -0.39 is 37.9 Å². The maximum Gasteiger partial charge on any atom is 0.238 e. The number of benzene rings is 2. The van der Waals surface area contributed by atoms with E-state index in [-0.39, 0.29) is 43.0 Å². The SMILES string of the molecule is CCC(C)(CCCO)S(=O)(=O)Nc1c(OC)cc(F)c(F)c1Nc1ccc(C)cc1F. The van der Waals surface area contributed by atoms with Gasteiger partial charge in [0, 0.05) is 12.7 Å². The average Bonchev–Trinajstić information content (AvgIpc) is 2.72. The van der Waals surface area contributed by atoms with E-state index in [1.54, 1.807) is 19.9 Å². The van der Waals surface area contributed by atoms with Gasteiger partial charge in [-0.2, -0.15) is 0 Å². The molecular weight excluding hydrogens is 433 g/mol. The zero-order valence-corrected chi connectivity index (χ0v) is 18.7. The Labute approximate surface area is 180 Å². The predicted molar refractivity (Wildman–Crippen MR) is 115 cm³/mol. The van der Waals surface area contributed by atoms with Crippen LogP contribution in [0.2, 0.25) is 0 Å². The van der Waals surface area contributed by atoms with E-state index in [1.807, 2.05) is 0 Å². The van der Waals surface area contributed by atoms with Crippen molar-refractivity contribution in [1.29, 1.82) is 0 Å². The topological polar surface area (TPSA) is 87.7 Å². The first-order valence-corrected chi connectivity index (χ1v) is 11.2. The number of ether oxygens (including phenoxy) is 1. The summed E-state index contributed by atoms with van der Waals surface area (Å²) in [7, 11) is -2.98. The van der Waals surface area contributed by atoms with E-state index >= 15 is 0 Å². The van der Waals surface area contributed by atoms with Gasteiger partial charge in [0.15, 0.2) is 11.6 Å². The Kier molecular flexibility index (Phi) is 7.82. The number of hydrogen-bond acceptors (Lipinski definition) is 5. The van der Waals surface area contributed by atoms with Crippen molar-refractivity contribution in [3.8, 4) is 5.75 Å². The van der Waals surface area contributed by atoms with Crippen LogP contribution in [0.25, 0.3) is 0 Å². The van der Waals surface area contributed by atoms with Gasteiger partial charge < -0.3 is 15.2 Å². The molecule has 6 nitrogen and oxygen atoms in total. The monoisotopic (exact) mass is 460 g/mol. The molecule has 31 heavy (non-hydrogen) atoms. The molecule has 0 aliphatic heterocycles. The van der Waals surface area contributed by atoms with Crippen LogP contribution in [-0.4, -0.2) is 32.0 Å². The first-order chi connectivity index (χ1) is 14.5. The molecule has 1 atom stereocenters. The molecule has 0 bridgehead atoms. The molecule has 0 aliphatic carbocycles. The van der Waals surface area contributed by atoms with Gasteiger partial charge >= 0.3 is 0 Å². The molecule has 0 fully saturated rings. The Morgan fingerprint density at radius 1 is 1.13 bits per heavy atom. The molecular formula is C21H27F3N2O4S. The summed E-state index contributed by atoms with van der Waals surface area (Å²) in [5.74, 6) is -3.70.